The number of hydrogen-bond acceptors (Lipinski definition) is 3. The maximum absolute atomic E-state index is 5.68. The Hall–Kier alpha value is -0.900. The van der Waals surface area contributed by atoms with Crippen molar-refractivity contribution in [2.75, 3.05) is 39.4 Å². The summed E-state index contributed by atoms with van der Waals surface area (Å²) in [7, 11) is 0. The van der Waals surface area contributed by atoms with Gasteiger partial charge < -0.3 is 10.1 Å². The summed E-state index contributed by atoms with van der Waals surface area (Å²) in [5, 5.41) is 3.59. The SMILES string of the molecule is CC(C)COCCN1CCNC(c2ccccc2)C1. The van der Waals surface area contributed by atoms with E-state index in [1.54, 1.807) is 0 Å². The largest absolute Gasteiger partial charge is 0.380 e. The Labute approximate surface area is 116 Å². The molecule has 0 bridgehead atoms. The summed E-state index contributed by atoms with van der Waals surface area (Å²) < 4.78 is 5.68. The van der Waals surface area contributed by atoms with Crippen LogP contribution in [0.15, 0.2) is 30.3 Å². The van der Waals surface area contributed by atoms with Crippen molar-refractivity contribution in [3.63, 3.8) is 0 Å². The summed E-state index contributed by atoms with van der Waals surface area (Å²) in [6.45, 7) is 10.4. The molecule has 0 aliphatic carbocycles. The van der Waals surface area contributed by atoms with Gasteiger partial charge in [-0.25, -0.2) is 0 Å². The lowest BCUT2D eigenvalue weighted by Gasteiger charge is -2.33. The summed E-state index contributed by atoms with van der Waals surface area (Å²) in [6, 6.07) is 11.2. The minimum atomic E-state index is 0.458. The highest BCUT2D eigenvalue weighted by atomic mass is 16.5. The van der Waals surface area contributed by atoms with E-state index in [4.69, 9.17) is 4.74 Å². The lowest BCUT2D eigenvalue weighted by molar-refractivity contribution is 0.0763. The van der Waals surface area contributed by atoms with Crippen LogP contribution in [0.2, 0.25) is 0 Å². The normalized spacial score (nSPS) is 20.9. The van der Waals surface area contributed by atoms with Gasteiger partial charge in [0.15, 0.2) is 0 Å². The molecule has 1 N–H and O–H groups in total. The van der Waals surface area contributed by atoms with E-state index in [2.05, 4.69) is 54.4 Å². The number of nitrogens with one attached hydrogen (secondary N) is 1. The average Bonchev–Trinajstić information content (AvgIpc) is 2.45. The van der Waals surface area contributed by atoms with Crippen molar-refractivity contribution in [1.82, 2.24) is 10.2 Å². The monoisotopic (exact) mass is 262 g/mol. The summed E-state index contributed by atoms with van der Waals surface area (Å²) in [6.07, 6.45) is 0. The molecule has 1 unspecified atom stereocenters. The highest BCUT2D eigenvalue weighted by molar-refractivity contribution is 5.19. The molecule has 1 fully saturated rings. The van der Waals surface area contributed by atoms with Crippen LogP contribution in [0.3, 0.4) is 0 Å². The molecule has 1 atom stereocenters. The van der Waals surface area contributed by atoms with Gasteiger partial charge in [-0.05, 0) is 11.5 Å². The van der Waals surface area contributed by atoms with Crippen LogP contribution in [-0.4, -0.2) is 44.3 Å². The zero-order chi connectivity index (χ0) is 13.5. The van der Waals surface area contributed by atoms with Gasteiger partial charge in [-0.2, -0.15) is 0 Å². The summed E-state index contributed by atoms with van der Waals surface area (Å²) in [4.78, 5) is 2.49. The molecule has 2 rings (SSSR count). The Balaban J connectivity index is 1.75. The topological polar surface area (TPSA) is 24.5 Å². The molecule has 0 radical (unpaired) electrons. The molecular formula is C16H26N2O. The molecule has 1 aromatic rings. The maximum Gasteiger partial charge on any atom is 0.0593 e. The third-order valence-electron chi connectivity index (χ3n) is 3.46. The lowest BCUT2D eigenvalue weighted by Crippen LogP contribution is -2.46. The molecule has 106 valence electrons. The quantitative estimate of drug-likeness (QED) is 0.796. The van der Waals surface area contributed by atoms with Crippen molar-refractivity contribution in [1.29, 1.82) is 0 Å². The van der Waals surface area contributed by atoms with Gasteiger partial charge in [-0.15, -0.1) is 0 Å². The van der Waals surface area contributed by atoms with Gasteiger partial charge in [0.05, 0.1) is 6.61 Å². The molecule has 1 aliphatic rings. The second-order valence-corrected chi connectivity index (χ2v) is 5.69. The standard InChI is InChI=1S/C16H26N2O/c1-14(2)13-19-11-10-18-9-8-17-16(12-18)15-6-4-3-5-7-15/h3-7,14,16-17H,8-13H2,1-2H3. The van der Waals surface area contributed by atoms with E-state index < -0.39 is 0 Å². The Morgan fingerprint density at radius 3 is 2.84 bits per heavy atom. The van der Waals surface area contributed by atoms with Crippen molar-refractivity contribution >= 4 is 0 Å². The minimum Gasteiger partial charge on any atom is -0.380 e. The first kappa shape index (κ1) is 14.5. The molecule has 1 heterocycles. The molecule has 0 spiro atoms. The molecule has 3 nitrogen and oxygen atoms in total. The van der Waals surface area contributed by atoms with Gasteiger partial charge in [0, 0.05) is 38.8 Å². The number of hydrogen-bond donors (Lipinski definition) is 1. The summed E-state index contributed by atoms with van der Waals surface area (Å²) >= 11 is 0. The maximum atomic E-state index is 5.68. The van der Waals surface area contributed by atoms with E-state index in [9.17, 15) is 0 Å². The molecule has 19 heavy (non-hydrogen) atoms. The number of nitrogens with zero attached hydrogens (tertiary/aromatic N) is 1. The van der Waals surface area contributed by atoms with Crippen LogP contribution < -0.4 is 5.32 Å². The Kier molecular flexibility index (Phi) is 5.83. The van der Waals surface area contributed by atoms with Gasteiger partial charge in [0.1, 0.15) is 0 Å². The summed E-state index contributed by atoms with van der Waals surface area (Å²) in [5.41, 5.74) is 1.38. The first-order valence-corrected chi connectivity index (χ1v) is 7.34. The van der Waals surface area contributed by atoms with Crippen LogP contribution in [0, 0.1) is 5.92 Å². The Bertz CT molecular complexity index is 353. The lowest BCUT2D eigenvalue weighted by atomic mass is 10.0. The van der Waals surface area contributed by atoms with Crippen molar-refractivity contribution in [3.8, 4) is 0 Å². The van der Waals surface area contributed by atoms with Crippen LogP contribution in [0.4, 0.5) is 0 Å². The molecule has 3 heteroatoms. The van der Waals surface area contributed by atoms with Crippen LogP contribution in [-0.2, 0) is 4.74 Å². The van der Waals surface area contributed by atoms with E-state index in [-0.39, 0.29) is 0 Å². The second kappa shape index (κ2) is 7.63. The Morgan fingerprint density at radius 2 is 2.11 bits per heavy atom. The van der Waals surface area contributed by atoms with Gasteiger partial charge in [-0.1, -0.05) is 44.2 Å². The predicted octanol–water partition coefficient (Wildman–Crippen LogP) is 2.31. The molecule has 0 aromatic heterocycles. The van der Waals surface area contributed by atoms with E-state index >= 15 is 0 Å². The first-order valence-electron chi connectivity index (χ1n) is 7.34. The molecule has 1 aromatic carbocycles. The van der Waals surface area contributed by atoms with E-state index in [1.807, 2.05) is 0 Å². The number of piperazine rings is 1. The van der Waals surface area contributed by atoms with Crippen LogP contribution >= 0.6 is 0 Å². The minimum absolute atomic E-state index is 0.458. The van der Waals surface area contributed by atoms with Gasteiger partial charge in [-0.3, -0.25) is 4.90 Å². The third-order valence-corrected chi connectivity index (χ3v) is 3.46. The highest BCUT2D eigenvalue weighted by Crippen LogP contribution is 2.16. The van der Waals surface area contributed by atoms with Crippen molar-refractivity contribution in [2.45, 2.75) is 19.9 Å². The highest BCUT2D eigenvalue weighted by Gasteiger charge is 2.19. The van der Waals surface area contributed by atoms with Crippen LogP contribution in [0.1, 0.15) is 25.5 Å². The fraction of sp³-hybridized carbons (Fsp3) is 0.625. The second-order valence-electron chi connectivity index (χ2n) is 5.69. The molecular weight excluding hydrogens is 236 g/mol. The molecule has 1 saturated heterocycles. The average molecular weight is 262 g/mol. The van der Waals surface area contributed by atoms with E-state index in [1.165, 1.54) is 5.56 Å². The fourth-order valence-electron chi connectivity index (χ4n) is 2.44. The number of ether oxygens (including phenoxy) is 1. The molecule has 0 amide bonds. The molecule has 0 saturated carbocycles. The third kappa shape index (κ3) is 4.94. The van der Waals surface area contributed by atoms with Crippen molar-refractivity contribution < 1.29 is 4.74 Å². The van der Waals surface area contributed by atoms with Crippen molar-refractivity contribution in [3.05, 3.63) is 35.9 Å². The predicted molar refractivity (Wildman–Crippen MR) is 79.3 cm³/mol. The summed E-state index contributed by atoms with van der Waals surface area (Å²) in [5.74, 6) is 0.625. The Morgan fingerprint density at radius 1 is 1.32 bits per heavy atom. The fourth-order valence-corrected chi connectivity index (χ4v) is 2.44. The van der Waals surface area contributed by atoms with E-state index in [0.717, 1.165) is 39.4 Å². The number of benzene rings is 1. The number of rotatable bonds is 6. The molecule has 1 aliphatic heterocycles. The van der Waals surface area contributed by atoms with Gasteiger partial charge in [0.2, 0.25) is 0 Å². The van der Waals surface area contributed by atoms with Crippen molar-refractivity contribution in [2.24, 2.45) is 5.92 Å². The van der Waals surface area contributed by atoms with Crippen LogP contribution in [0.5, 0.6) is 0 Å². The van der Waals surface area contributed by atoms with E-state index in [0.29, 0.717) is 12.0 Å². The first-order chi connectivity index (χ1) is 9.25. The smallest absolute Gasteiger partial charge is 0.0593 e. The zero-order valence-corrected chi connectivity index (χ0v) is 12.1. The van der Waals surface area contributed by atoms with Gasteiger partial charge in [0.25, 0.3) is 0 Å². The van der Waals surface area contributed by atoms with Crippen LogP contribution in [0.25, 0.3) is 0 Å². The zero-order valence-electron chi connectivity index (χ0n) is 12.1. The van der Waals surface area contributed by atoms with Gasteiger partial charge >= 0.3 is 0 Å².